The Hall–Kier alpha value is -1.15. The van der Waals surface area contributed by atoms with Gasteiger partial charge in [-0.1, -0.05) is 6.42 Å². The molecule has 0 bridgehead atoms. The molecule has 4 fully saturated rings. The van der Waals surface area contributed by atoms with E-state index in [0.717, 1.165) is 19.3 Å². The van der Waals surface area contributed by atoms with Gasteiger partial charge < -0.3 is 15.5 Å². The van der Waals surface area contributed by atoms with E-state index in [-0.39, 0.29) is 29.2 Å². The number of rotatable bonds is 2. The lowest BCUT2D eigenvalue weighted by Gasteiger charge is -2.46. The molecule has 2 aliphatic carbocycles. The van der Waals surface area contributed by atoms with Crippen molar-refractivity contribution in [2.24, 2.45) is 11.7 Å². The molecule has 0 radical (unpaired) electrons. The normalized spacial score (nSPS) is 34.7. The van der Waals surface area contributed by atoms with Crippen molar-refractivity contribution in [3.05, 3.63) is 0 Å². The third-order valence-corrected chi connectivity index (χ3v) is 7.59. The molecule has 0 unspecified atom stereocenters. The lowest BCUT2D eigenvalue weighted by molar-refractivity contribution is -0.150. The van der Waals surface area contributed by atoms with Crippen LogP contribution in [0.1, 0.15) is 32.1 Å². The maximum absolute atomic E-state index is 12.6. The summed E-state index contributed by atoms with van der Waals surface area (Å²) in [6.07, 6.45) is 4.19. The summed E-state index contributed by atoms with van der Waals surface area (Å²) in [7, 11) is -3.23. The number of sulfone groups is 1. The molecule has 2 saturated heterocycles. The van der Waals surface area contributed by atoms with Crippen molar-refractivity contribution in [1.29, 1.82) is 0 Å². The molecule has 0 aromatic heterocycles. The van der Waals surface area contributed by atoms with Crippen molar-refractivity contribution in [3.8, 4) is 0 Å². The maximum atomic E-state index is 12.6. The maximum Gasteiger partial charge on any atom is 0.243 e. The van der Waals surface area contributed by atoms with E-state index in [1.54, 1.807) is 9.80 Å². The molecule has 128 valence electrons. The zero-order valence-corrected chi connectivity index (χ0v) is 13.9. The number of nitrogens with zero attached hydrogens (tertiary/aromatic N) is 2. The van der Waals surface area contributed by atoms with Crippen LogP contribution in [-0.2, 0) is 19.4 Å². The first-order chi connectivity index (χ1) is 10.8. The summed E-state index contributed by atoms with van der Waals surface area (Å²) >= 11 is 0. The second kappa shape index (κ2) is 4.92. The highest BCUT2D eigenvalue weighted by Gasteiger charge is 2.55. The van der Waals surface area contributed by atoms with Crippen molar-refractivity contribution < 1.29 is 18.0 Å². The summed E-state index contributed by atoms with van der Waals surface area (Å²) in [4.78, 5) is 28.6. The zero-order chi connectivity index (χ0) is 16.4. The fourth-order valence-corrected chi connectivity index (χ4v) is 5.98. The van der Waals surface area contributed by atoms with Gasteiger partial charge in [0.15, 0.2) is 9.84 Å². The van der Waals surface area contributed by atoms with E-state index in [9.17, 15) is 18.0 Å². The van der Waals surface area contributed by atoms with Crippen LogP contribution in [-0.4, -0.2) is 72.2 Å². The minimum absolute atomic E-state index is 0.0303. The van der Waals surface area contributed by atoms with E-state index >= 15 is 0 Å². The second-order valence-electron chi connectivity index (χ2n) is 7.53. The van der Waals surface area contributed by atoms with Gasteiger partial charge in [-0.2, -0.15) is 0 Å². The number of nitrogens with two attached hydrogens (primary N) is 1. The van der Waals surface area contributed by atoms with Crippen LogP contribution < -0.4 is 5.73 Å². The summed E-state index contributed by atoms with van der Waals surface area (Å²) in [6.45, 7) is 0.820. The van der Waals surface area contributed by atoms with Gasteiger partial charge >= 0.3 is 0 Å². The predicted molar refractivity (Wildman–Crippen MR) is 83.1 cm³/mol. The van der Waals surface area contributed by atoms with Gasteiger partial charge in [0.25, 0.3) is 0 Å². The minimum atomic E-state index is -3.23. The van der Waals surface area contributed by atoms with E-state index in [2.05, 4.69) is 0 Å². The molecule has 0 spiro atoms. The van der Waals surface area contributed by atoms with Gasteiger partial charge in [0.2, 0.25) is 11.8 Å². The number of hydrogen-bond acceptors (Lipinski definition) is 5. The van der Waals surface area contributed by atoms with Gasteiger partial charge in [0.1, 0.15) is 0 Å². The largest absolute Gasteiger partial charge is 0.335 e. The molecule has 2 N–H and O–H groups in total. The zero-order valence-electron chi connectivity index (χ0n) is 13.1. The Balaban J connectivity index is 1.59. The Labute approximate surface area is 136 Å². The van der Waals surface area contributed by atoms with Crippen LogP contribution >= 0.6 is 0 Å². The lowest BCUT2D eigenvalue weighted by atomic mass is 9.83. The molecular weight excluding hydrogens is 318 g/mol. The molecule has 0 aromatic carbocycles. The molecule has 2 atom stereocenters. The predicted octanol–water partition coefficient (Wildman–Crippen LogP) is -0.886. The van der Waals surface area contributed by atoms with Gasteiger partial charge in [0, 0.05) is 19.0 Å². The Kier molecular flexibility index (Phi) is 3.29. The minimum Gasteiger partial charge on any atom is -0.335 e. The Morgan fingerprint density at radius 1 is 1.00 bits per heavy atom. The number of carbonyl (C=O) groups excluding carboxylic acids is 2. The van der Waals surface area contributed by atoms with Crippen LogP contribution in [0.5, 0.6) is 0 Å². The summed E-state index contributed by atoms with van der Waals surface area (Å²) in [5.74, 6) is -0.0963. The highest BCUT2D eigenvalue weighted by atomic mass is 32.2. The van der Waals surface area contributed by atoms with Gasteiger partial charge in [0.05, 0.1) is 29.1 Å². The lowest BCUT2D eigenvalue weighted by Crippen LogP contribution is -2.65. The Morgan fingerprint density at radius 3 is 2.09 bits per heavy atom. The fourth-order valence-electron chi connectivity index (χ4n) is 4.00. The van der Waals surface area contributed by atoms with Gasteiger partial charge in [-0.05, 0) is 25.7 Å². The molecule has 2 aliphatic heterocycles. The van der Waals surface area contributed by atoms with E-state index in [1.807, 2.05) is 0 Å². The summed E-state index contributed by atoms with van der Waals surface area (Å²) in [5.41, 5.74) is 5.23. The first kappa shape index (κ1) is 15.4. The standard InChI is InChI=1S/C15H23N3O4S/c16-15(4-5-15)14(20)18-7-6-17(13(19)10-2-1-3-10)11-8-23(21,22)9-12(11)18/h10-12H,1-9,16H2/t11-,12+/m1/s1. The first-order valence-electron chi connectivity index (χ1n) is 8.42. The van der Waals surface area contributed by atoms with E-state index < -0.39 is 27.5 Å². The Morgan fingerprint density at radius 2 is 1.57 bits per heavy atom. The van der Waals surface area contributed by atoms with E-state index in [0.29, 0.717) is 25.9 Å². The highest BCUT2D eigenvalue weighted by molar-refractivity contribution is 7.91. The SMILES string of the molecule is NC1(C(=O)N2CCN(C(=O)C3CCC3)[C@@H]3CS(=O)(=O)C[C@@H]32)CC1. The molecule has 4 rings (SSSR count). The average Bonchev–Trinajstić information content (AvgIpc) is 3.07. The number of hydrogen-bond donors (Lipinski definition) is 1. The monoisotopic (exact) mass is 341 g/mol. The summed E-state index contributed by atoms with van der Waals surface area (Å²) in [5, 5.41) is 0. The van der Waals surface area contributed by atoms with Crippen LogP contribution in [0.25, 0.3) is 0 Å². The highest BCUT2D eigenvalue weighted by Crippen LogP contribution is 2.38. The number of fused-ring (bicyclic) bond motifs is 1. The van der Waals surface area contributed by atoms with Crippen LogP contribution in [0.3, 0.4) is 0 Å². The summed E-state index contributed by atoms with van der Waals surface area (Å²) in [6, 6.07) is -0.820. The van der Waals surface area contributed by atoms with E-state index in [4.69, 9.17) is 5.73 Å². The average molecular weight is 341 g/mol. The molecule has 2 heterocycles. The Bertz CT molecular complexity index is 654. The molecule has 2 saturated carbocycles. The van der Waals surface area contributed by atoms with Crippen molar-refractivity contribution in [3.63, 3.8) is 0 Å². The van der Waals surface area contributed by atoms with Crippen molar-refractivity contribution in [2.45, 2.75) is 49.7 Å². The molecule has 4 aliphatic rings. The van der Waals surface area contributed by atoms with Crippen LogP contribution in [0.4, 0.5) is 0 Å². The first-order valence-corrected chi connectivity index (χ1v) is 10.2. The topological polar surface area (TPSA) is 101 Å². The van der Waals surface area contributed by atoms with Crippen molar-refractivity contribution in [2.75, 3.05) is 24.6 Å². The number of piperazine rings is 1. The third-order valence-electron chi connectivity index (χ3n) is 5.89. The number of carbonyl (C=O) groups is 2. The smallest absolute Gasteiger partial charge is 0.243 e. The van der Waals surface area contributed by atoms with E-state index in [1.165, 1.54) is 0 Å². The van der Waals surface area contributed by atoms with Gasteiger partial charge in [-0.3, -0.25) is 9.59 Å². The van der Waals surface area contributed by atoms with Gasteiger partial charge in [-0.15, -0.1) is 0 Å². The van der Waals surface area contributed by atoms with Crippen LogP contribution in [0, 0.1) is 5.92 Å². The van der Waals surface area contributed by atoms with Gasteiger partial charge in [-0.25, -0.2) is 8.42 Å². The third kappa shape index (κ3) is 2.46. The molecule has 2 amide bonds. The second-order valence-corrected chi connectivity index (χ2v) is 9.68. The molecular formula is C15H23N3O4S. The quantitative estimate of drug-likeness (QED) is 0.702. The molecule has 7 nitrogen and oxygen atoms in total. The van der Waals surface area contributed by atoms with Crippen molar-refractivity contribution >= 4 is 21.7 Å². The fraction of sp³-hybridized carbons (Fsp3) is 0.867. The molecule has 0 aromatic rings. The molecule has 8 heteroatoms. The van der Waals surface area contributed by atoms with Crippen LogP contribution in [0.2, 0.25) is 0 Å². The van der Waals surface area contributed by atoms with Crippen LogP contribution in [0.15, 0.2) is 0 Å². The summed E-state index contributed by atoms with van der Waals surface area (Å²) < 4.78 is 24.3. The number of amides is 2. The van der Waals surface area contributed by atoms with Crippen molar-refractivity contribution in [1.82, 2.24) is 9.80 Å². The molecule has 23 heavy (non-hydrogen) atoms.